The van der Waals surface area contributed by atoms with Gasteiger partial charge in [-0.3, -0.25) is 0 Å². The normalized spacial score (nSPS) is 30.6. The molecule has 0 aliphatic carbocycles. The van der Waals surface area contributed by atoms with E-state index in [1.54, 1.807) is 0 Å². The van der Waals surface area contributed by atoms with Crippen LogP contribution in [-0.2, 0) is 4.74 Å². The molecule has 1 saturated heterocycles. The second kappa shape index (κ2) is 4.72. The van der Waals surface area contributed by atoms with Gasteiger partial charge in [-0.1, -0.05) is 0 Å². The summed E-state index contributed by atoms with van der Waals surface area (Å²) in [6.07, 6.45) is -5.98. The van der Waals surface area contributed by atoms with Gasteiger partial charge < -0.3 is 9.84 Å². The molecule has 0 aromatic rings. The van der Waals surface area contributed by atoms with Crippen LogP contribution >= 0.6 is 11.8 Å². The van der Waals surface area contributed by atoms with E-state index < -0.39 is 12.3 Å². The molecule has 0 bridgehead atoms. The molecule has 1 aliphatic rings. The summed E-state index contributed by atoms with van der Waals surface area (Å²) in [5.41, 5.74) is 0. The van der Waals surface area contributed by atoms with Gasteiger partial charge in [0, 0.05) is 17.6 Å². The lowest BCUT2D eigenvalue weighted by Crippen LogP contribution is -2.32. The highest BCUT2D eigenvalue weighted by Crippen LogP contribution is 2.30. The molecule has 0 saturated carbocycles. The van der Waals surface area contributed by atoms with Crippen molar-refractivity contribution in [3.05, 3.63) is 0 Å². The molecule has 0 spiro atoms. The number of thioether (sulfide) groups is 1. The molecule has 1 fully saturated rings. The van der Waals surface area contributed by atoms with E-state index in [9.17, 15) is 13.2 Å². The van der Waals surface area contributed by atoms with Crippen molar-refractivity contribution >= 4 is 11.8 Å². The molecule has 6 heteroatoms. The van der Waals surface area contributed by atoms with Crippen molar-refractivity contribution in [1.82, 2.24) is 0 Å². The van der Waals surface area contributed by atoms with Crippen LogP contribution in [0.2, 0.25) is 0 Å². The number of hydrogen-bond acceptors (Lipinski definition) is 3. The van der Waals surface area contributed by atoms with Crippen molar-refractivity contribution < 1.29 is 23.0 Å². The fourth-order valence-electron chi connectivity index (χ4n) is 1.24. The lowest BCUT2D eigenvalue weighted by atomic mass is 10.3. The largest absolute Gasteiger partial charge is 0.415 e. The average Bonchev–Trinajstić information content (AvgIpc) is 2.45. The predicted octanol–water partition coefficient (Wildman–Crippen LogP) is 1.82. The lowest BCUT2D eigenvalue weighted by molar-refractivity contribution is -0.195. The Labute approximate surface area is 84.8 Å². The van der Waals surface area contributed by atoms with Gasteiger partial charge >= 0.3 is 6.18 Å². The summed E-state index contributed by atoms with van der Waals surface area (Å²) >= 11 is 1.13. The molecule has 3 atom stereocenters. The topological polar surface area (TPSA) is 29.5 Å². The van der Waals surface area contributed by atoms with Crippen molar-refractivity contribution in [2.45, 2.75) is 37.0 Å². The Morgan fingerprint density at radius 1 is 1.57 bits per heavy atom. The summed E-state index contributed by atoms with van der Waals surface area (Å²) in [6.45, 7) is 2.44. The van der Waals surface area contributed by atoms with Gasteiger partial charge in [0.1, 0.15) is 0 Å². The highest BCUT2D eigenvalue weighted by Gasteiger charge is 2.39. The summed E-state index contributed by atoms with van der Waals surface area (Å²) < 4.78 is 41.0. The van der Waals surface area contributed by atoms with Crippen LogP contribution in [0.5, 0.6) is 0 Å². The highest BCUT2D eigenvalue weighted by molar-refractivity contribution is 8.00. The SMILES string of the molecule is CC1OCCC1SCC(O)C(F)(F)F. The molecular formula is C8H13F3O2S. The third kappa shape index (κ3) is 3.33. The van der Waals surface area contributed by atoms with Gasteiger partial charge in [0.2, 0.25) is 0 Å². The minimum atomic E-state index is -4.50. The predicted molar refractivity (Wildman–Crippen MR) is 48.3 cm³/mol. The molecule has 14 heavy (non-hydrogen) atoms. The van der Waals surface area contributed by atoms with Gasteiger partial charge in [0.25, 0.3) is 0 Å². The van der Waals surface area contributed by atoms with Crippen LogP contribution in [0, 0.1) is 0 Å². The van der Waals surface area contributed by atoms with E-state index >= 15 is 0 Å². The quantitative estimate of drug-likeness (QED) is 0.802. The third-order valence-electron chi connectivity index (χ3n) is 2.15. The summed E-state index contributed by atoms with van der Waals surface area (Å²) in [6, 6.07) is 0. The Morgan fingerprint density at radius 2 is 2.21 bits per heavy atom. The molecule has 1 N–H and O–H groups in total. The minimum Gasteiger partial charge on any atom is -0.383 e. The van der Waals surface area contributed by atoms with Crippen LogP contribution in [0.1, 0.15) is 13.3 Å². The zero-order valence-electron chi connectivity index (χ0n) is 7.75. The summed E-state index contributed by atoms with van der Waals surface area (Å²) in [5.74, 6) is -0.304. The highest BCUT2D eigenvalue weighted by atomic mass is 32.2. The van der Waals surface area contributed by atoms with Crippen LogP contribution in [0.25, 0.3) is 0 Å². The van der Waals surface area contributed by atoms with E-state index in [-0.39, 0.29) is 17.1 Å². The molecule has 1 rings (SSSR count). The van der Waals surface area contributed by atoms with E-state index in [0.29, 0.717) is 6.61 Å². The maximum atomic E-state index is 11.9. The van der Waals surface area contributed by atoms with E-state index in [4.69, 9.17) is 9.84 Å². The second-order valence-electron chi connectivity index (χ2n) is 3.29. The number of ether oxygens (including phenoxy) is 1. The zero-order chi connectivity index (χ0) is 10.8. The molecule has 0 radical (unpaired) electrons. The molecule has 1 aliphatic heterocycles. The first-order valence-corrected chi connectivity index (χ1v) is 5.44. The van der Waals surface area contributed by atoms with Crippen LogP contribution in [0.4, 0.5) is 13.2 Å². The van der Waals surface area contributed by atoms with Gasteiger partial charge in [0.05, 0.1) is 6.10 Å². The molecule has 0 amide bonds. The maximum absolute atomic E-state index is 11.9. The average molecular weight is 230 g/mol. The fraction of sp³-hybridized carbons (Fsp3) is 1.00. The van der Waals surface area contributed by atoms with Gasteiger partial charge in [0.15, 0.2) is 6.10 Å². The number of halogens is 3. The molecule has 0 aromatic carbocycles. The number of alkyl halides is 3. The Kier molecular flexibility index (Phi) is 4.09. The minimum absolute atomic E-state index is 0.0135. The number of rotatable bonds is 3. The summed E-state index contributed by atoms with van der Waals surface area (Å²) in [7, 11) is 0. The van der Waals surface area contributed by atoms with E-state index in [1.807, 2.05) is 6.92 Å². The monoisotopic (exact) mass is 230 g/mol. The first-order valence-electron chi connectivity index (χ1n) is 4.39. The fourth-order valence-corrected chi connectivity index (χ4v) is 2.47. The Hall–Kier alpha value is 0.0600. The van der Waals surface area contributed by atoms with Crippen LogP contribution in [-0.4, -0.2) is 41.1 Å². The number of hydrogen-bond donors (Lipinski definition) is 1. The van der Waals surface area contributed by atoms with Gasteiger partial charge in [-0.2, -0.15) is 24.9 Å². The Balaban J connectivity index is 2.26. The lowest BCUT2D eigenvalue weighted by Gasteiger charge is -2.18. The Morgan fingerprint density at radius 3 is 2.64 bits per heavy atom. The molecule has 3 unspecified atom stereocenters. The third-order valence-corrected chi connectivity index (χ3v) is 3.71. The van der Waals surface area contributed by atoms with Crippen molar-refractivity contribution in [1.29, 1.82) is 0 Å². The van der Waals surface area contributed by atoms with Crippen molar-refractivity contribution in [2.75, 3.05) is 12.4 Å². The van der Waals surface area contributed by atoms with Gasteiger partial charge in [-0.25, -0.2) is 0 Å². The van der Waals surface area contributed by atoms with E-state index in [1.165, 1.54) is 0 Å². The summed E-state index contributed by atoms with van der Waals surface area (Å²) in [4.78, 5) is 0. The maximum Gasteiger partial charge on any atom is 0.415 e. The van der Waals surface area contributed by atoms with Crippen molar-refractivity contribution in [3.63, 3.8) is 0 Å². The van der Waals surface area contributed by atoms with E-state index in [0.717, 1.165) is 18.2 Å². The van der Waals surface area contributed by atoms with Crippen molar-refractivity contribution in [3.8, 4) is 0 Å². The standard InChI is InChI=1S/C8H13F3O2S/c1-5-6(2-3-13-5)14-4-7(12)8(9,10)11/h5-7,12H,2-4H2,1H3. The second-order valence-corrected chi connectivity index (χ2v) is 4.57. The van der Waals surface area contributed by atoms with Crippen LogP contribution < -0.4 is 0 Å². The number of aliphatic hydroxyl groups is 1. The van der Waals surface area contributed by atoms with Crippen LogP contribution in [0.15, 0.2) is 0 Å². The smallest absolute Gasteiger partial charge is 0.383 e. The van der Waals surface area contributed by atoms with Crippen LogP contribution in [0.3, 0.4) is 0 Å². The first kappa shape index (κ1) is 12.1. The van der Waals surface area contributed by atoms with Gasteiger partial charge in [-0.05, 0) is 13.3 Å². The molecule has 0 aromatic heterocycles. The van der Waals surface area contributed by atoms with E-state index in [2.05, 4.69) is 0 Å². The zero-order valence-corrected chi connectivity index (χ0v) is 8.57. The summed E-state index contributed by atoms with van der Waals surface area (Å²) in [5, 5.41) is 8.82. The molecule has 1 heterocycles. The molecular weight excluding hydrogens is 217 g/mol. The van der Waals surface area contributed by atoms with Crippen molar-refractivity contribution in [2.24, 2.45) is 0 Å². The first-order chi connectivity index (χ1) is 6.41. The van der Waals surface area contributed by atoms with Gasteiger partial charge in [-0.15, -0.1) is 0 Å². The molecule has 2 nitrogen and oxygen atoms in total. The number of aliphatic hydroxyl groups excluding tert-OH is 1. The Bertz CT molecular complexity index is 184. The molecule has 84 valence electrons.